The van der Waals surface area contributed by atoms with Crippen molar-refractivity contribution in [3.05, 3.63) is 23.2 Å². The summed E-state index contributed by atoms with van der Waals surface area (Å²) in [7, 11) is -7.45. The van der Waals surface area contributed by atoms with Crippen molar-refractivity contribution in [1.29, 1.82) is 0 Å². The topological polar surface area (TPSA) is 106 Å². The second-order valence-corrected chi connectivity index (χ2v) is 9.28. The zero-order valence-corrected chi connectivity index (χ0v) is 14.4. The van der Waals surface area contributed by atoms with Gasteiger partial charge in [0.25, 0.3) is 0 Å². The molecule has 0 aromatic heterocycles. The Hall–Kier alpha value is -0.670. The molecule has 0 bridgehead atoms. The fourth-order valence-corrected chi connectivity index (χ4v) is 3.76. The van der Waals surface area contributed by atoms with E-state index >= 15 is 0 Å². The van der Waals surface area contributed by atoms with E-state index in [2.05, 4.69) is 4.72 Å². The fourth-order valence-electron chi connectivity index (χ4n) is 1.44. The molecule has 0 saturated heterocycles. The number of hydrogen-bond acceptors (Lipinski definition) is 5. The lowest BCUT2D eigenvalue weighted by Crippen LogP contribution is -2.40. The van der Waals surface area contributed by atoms with E-state index in [1.807, 2.05) is 13.8 Å². The van der Waals surface area contributed by atoms with Crippen molar-refractivity contribution in [2.45, 2.75) is 29.7 Å². The van der Waals surface area contributed by atoms with Crippen molar-refractivity contribution < 1.29 is 16.8 Å². The summed E-state index contributed by atoms with van der Waals surface area (Å²) < 4.78 is 49.8. The van der Waals surface area contributed by atoms with Crippen LogP contribution < -0.4 is 10.5 Å². The van der Waals surface area contributed by atoms with Gasteiger partial charge in [-0.15, -0.1) is 0 Å². The van der Waals surface area contributed by atoms with Gasteiger partial charge in [-0.25, -0.2) is 21.6 Å². The van der Waals surface area contributed by atoms with Gasteiger partial charge in [-0.05, 0) is 24.1 Å². The number of sulfone groups is 1. The van der Waals surface area contributed by atoms with E-state index in [1.54, 1.807) is 0 Å². The molecule has 0 aliphatic rings. The molecule has 21 heavy (non-hydrogen) atoms. The number of hydrogen-bond donors (Lipinski definition) is 2. The van der Waals surface area contributed by atoms with Gasteiger partial charge in [0.15, 0.2) is 9.84 Å². The largest absolute Gasteiger partial charge is 0.326 e. The molecule has 0 radical (unpaired) electrons. The summed E-state index contributed by atoms with van der Waals surface area (Å²) in [6.45, 7) is 3.78. The van der Waals surface area contributed by atoms with Crippen molar-refractivity contribution in [1.82, 2.24) is 4.72 Å². The Morgan fingerprint density at radius 2 is 1.81 bits per heavy atom. The molecule has 6 nitrogen and oxygen atoms in total. The number of sulfonamides is 1. The van der Waals surface area contributed by atoms with E-state index in [9.17, 15) is 16.8 Å². The molecule has 0 spiro atoms. The quantitative estimate of drug-likeness (QED) is 0.792. The average Bonchev–Trinajstić information content (AvgIpc) is 2.34. The van der Waals surface area contributed by atoms with Crippen LogP contribution in [0.2, 0.25) is 5.02 Å². The number of benzene rings is 1. The molecule has 9 heteroatoms. The van der Waals surface area contributed by atoms with E-state index in [0.29, 0.717) is 0 Å². The maximum atomic E-state index is 12.2. The lowest BCUT2D eigenvalue weighted by Gasteiger charge is -2.17. The summed E-state index contributed by atoms with van der Waals surface area (Å²) in [4.78, 5) is -0.386. The van der Waals surface area contributed by atoms with Crippen LogP contribution in [-0.4, -0.2) is 35.7 Å². The predicted octanol–water partition coefficient (Wildman–Crippen LogP) is 1.01. The van der Waals surface area contributed by atoms with Crippen LogP contribution in [0.4, 0.5) is 0 Å². The van der Waals surface area contributed by atoms with E-state index in [1.165, 1.54) is 12.1 Å². The maximum absolute atomic E-state index is 12.2. The van der Waals surface area contributed by atoms with Gasteiger partial charge < -0.3 is 5.73 Å². The Balaban J connectivity index is 3.14. The van der Waals surface area contributed by atoms with E-state index < -0.39 is 19.9 Å². The molecule has 1 aromatic carbocycles. The standard InChI is InChI=1S/C12H19ClN2O4S2/c1-8(2)11(14)7-15-21(18,19)12-6-9(20(3,16)17)4-5-10(12)13/h4-6,8,11,15H,7,14H2,1-3H3. The van der Waals surface area contributed by atoms with Crippen LogP contribution in [0.15, 0.2) is 28.0 Å². The molecule has 1 aromatic rings. The van der Waals surface area contributed by atoms with Crippen molar-refractivity contribution in [3.8, 4) is 0 Å². The first kappa shape index (κ1) is 18.4. The summed E-state index contributed by atoms with van der Waals surface area (Å²) in [6.07, 6.45) is 0.995. The van der Waals surface area contributed by atoms with Gasteiger partial charge in [-0.2, -0.15) is 0 Å². The molecular weight excluding hydrogens is 336 g/mol. The monoisotopic (exact) mass is 354 g/mol. The summed E-state index contributed by atoms with van der Waals surface area (Å²) in [5.41, 5.74) is 5.78. The van der Waals surface area contributed by atoms with Gasteiger partial charge in [-0.3, -0.25) is 0 Å². The number of halogens is 1. The molecule has 0 aliphatic heterocycles. The second kappa shape index (κ2) is 6.62. The average molecular weight is 355 g/mol. The molecule has 0 aliphatic carbocycles. The highest BCUT2D eigenvalue weighted by Crippen LogP contribution is 2.24. The fraction of sp³-hybridized carbons (Fsp3) is 0.500. The molecule has 0 fully saturated rings. The summed E-state index contributed by atoms with van der Waals surface area (Å²) in [6, 6.07) is 3.20. The minimum Gasteiger partial charge on any atom is -0.326 e. The number of nitrogens with two attached hydrogens (primary N) is 1. The lowest BCUT2D eigenvalue weighted by molar-refractivity contribution is 0.481. The van der Waals surface area contributed by atoms with Gasteiger partial charge in [0.2, 0.25) is 10.0 Å². The minimum atomic E-state index is -3.93. The molecule has 0 heterocycles. The van der Waals surface area contributed by atoms with Crippen LogP contribution in [-0.2, 0) is 19.9 Å². The highest BCUT2D eigenvalue weighted by atomic mass is 35.5. The Kier molecular flexibility index (Phi) is 5.79. The Morgan fingerprint density at radius 1 is 1.24 bits per heavy atom. The minimum absolute atomic E-state index is 0.0411. The number of nitrogens with one attached hydrogen (secondary N) is 1. The van der Waals surface area contributed by atoms with E-state index in [0.717, 1.165) is 12.3 Å². The number of rotatable bonds is 6. The smallest absolute Gasteiger partial charge is 0.242 e. The van der Waals surface area contributed by atoms with Crippen molar-refractivity contribution in [2.75, 3.05) is 12.8 Å². The highest BCUT2D eigenvalue weighted by molar-refractivity contribution is 7.91. The lowest BCUT2D eigenvalue weighted by atomic mass is 10.1. The van der Waals surface area contributed by atoms with Crippen LogP contribution >= 0.6 is 11.6 Å². The summed E-state index contributed by atoms with van der Waals surface area (Å²) in [5, 5.41) is -0.0481. The third kappa shape index (κ3) is 4.93. The molecule has 1 unspecified atom stereocenters. The SMILES string of the molecule is CC(C)C(N)CNS(=O)(=O)c1cc(S(C)(=O)=O)ccc1Cl. The Bertz CT molecular complexity index is 715. The van der Waals surface area contributed by atoms with Crippen LogP contribution in [0.3, 0.4) is 0 Å². The summed E-state index contributed by atoms with van der Waals surface area (Å²) >= 11 is 5.86. The molecule has 120 valence electrons. The van der Waals surface area contributed by atoms with Crippen LogP contribution in [0.25, 0.3) is 0 Å². The van der Waals surface area contributed by atoms with Gasteiger partial charge in [0, 0.05) is 18.8 Å². The van der Waals surface area contributed by atoms with Gasteiger partial charge in [0.05, 0.1) is 9.92 Å². The predicted molar refractivity (Wildman–Crippen MR) is 82.6 cm³/mol. The summed E-state index contributed by atoms with van der Waals surface area (Å²) in [5.74, 6) is 0.102. The first-order valence-corrected chi connectivity index (χ1v) is 9.95. The zero-order chi connectivity index (χ0) is 16.4. The van der Waals surface area contributed by atoms with Gasteiger partial charge >= 0.3 is 0 Å². The Labute approximate surface area is 130 Å². The van der Waals surface area contributed by atoms with Gasteiger partial charge in [-0.1, -0.05) is 25.4 Å². The van der Waals surface area contributed by atoms with Crippen LogP contribution in [0, 0.1) is 5.92 Å². The molecular formula is C12H19ClN2O4S2. The first-order chi connectivity index (χ1) is 9.45. The molecule has 3 N–H and O–H groups in total. The highest BCUT2D eigenvalue weighted by Gasteiger charge is 2.22. The maximum Gasteiger partial charge on any atom is 0.242 e. The molecule has 1 rings (SSSR count). The third-order valence-corrected chi connectivity index (χ3v) is 6.00. The Morgan fingerprint density at radius 3 is 2.29 bits per heavy atom. The first-order valence-electron chi connectivity index (χ1n) is 6.20. The molecule has 0 amide bonds. The molecule has 0 saturated carbocycles. The van der Waals surface area contributed by atoms with Crippen molar-refractivity contribution in [2.24, 2.45) is 11.7 Å². The normalized spacial score (nSPS) is 14.4. The van der Waals surface area contributed by atoms with E-state index in [-0.39, 0.29) is 33.3 Å². The van der Waals surface area contributed by atoms with E-state index in [4.69, 9.17) is 17.3 Å². The molecule has 1 atom stereocenters. The van der Waals surface area contributed by atoms with Crippen molar-refractivity contribution in [3.63, 3.8) is 0 Å². The third-order valence-electron chi connectivity index (χ3n) is 2.99. The second-order valence-electron chi connectivity index (χ2n) is 5.12. The van der Waals surface area contributed by atoms with Crippen LogP contribution in [0.1, 0.15) is 13.8 Å². The van der Waals surface area contributed by atoms with Crippen molar-refractivity contribution >= 4 is 31.5 Å². The van der Waals surface area contributed by atoms with Gasteiger partial charge in [0.1, 0.15) is 4.90 Å². The zero-order valence-electron chi connectivity index (χ0n) is 12.0. The van der Waals surface area contributed by atoms with Crippen LogP contribution in [0.5, 0.6) is 0 Å².